The summed E-state index contributed by atoms with van der Waals surface area (Å²) in [6.07, 6.45) is 5.50. The number of hydrogen-bond acceptors (Lipinski definition) is 7. The van der Waals surface area contributed by atoms with E-state index in [-0.39, 0.29) is 12.2 Å². The molecule has 2 aromatic heterocycles. The first-order chi connectivity index (χ1) is 14.1. The molecule has 8 nitrogen and oxygen atoms in total. The van der Waals surface area contributed by atoms with Gasteiger partial charge in [-0.2, -0.15) is 0 Å². The number of aliphatic hydroxyl groups is 1. The fourth-order valence-electron chi connectivity index (χ4n) is 3.55. The van der Waals surface area contributed by atoms with Crippen molar-refractivity contribution in [1.29, 1.82) is 0 Å². The number of aromatic amines is 1. The van der Waals surface area contributed by atoms with Crippen molar-refractivity contribution < 1.29 is 5.11 Å². The molecule has 0 fully saturated rings. The third-order valence-electron chi connectivity index (χ3n) is 5.17. The zero-order valence-electron chi connectivity index (χ0n) is 16.4. The van der Waals surface area contributed by atoms with Gasteiger partial charge in [0.15, 0.2) is 5.82 Å². The standard InChI is InChI=1S/C21H24N6O2/c1-26(10-11-28)16-4-2-15(3-5-16)13-27-9-6-18-17(14-27)21(29)25-20(24-18)19-12-22-7-8-23-19/h2-5,7-8,12,28H,6,9-11,13-14H2,1H3,(H,24,25,29). The number of nitrogens with zero attached hydrogens (tertiary/aromatic N) is 5. The van der Waals surface area contributed by atoms with Gasteiger partial charge in [0.25, 0.3) is 5.56 Å². The summed E-state index contributed by atoms with van der Waals surface area (Å²) in [6, 6.07) is 8.31. The second kappa shape index (κ2) is 8.50. The van der Waals surface area contributed by atoms with Crippen molar-refractivity contribution in [3.63, 3.8) is 0 Å². The van der Waals surface area contributed by atoms with Crippen LogP contribution >= 0.6 is 0 Å². The normalized spacial score (nSPS) is 13.9. The van der Waals surface area contributed by atoms with Gasteiger partial charge in [-0.05, 0) is 17.7 Å². The van der Waals surface area contributed by atoms with E-state index in [1.807, 2.05) is 11.9 Å². The molecule has 0 bridgehead atoms. The largest absolute Gasteiger partial charge is 0.395 e. The van der Waals surface area contributed by atoms with Crippen molar-refractivity contribution in [3.8, 4) is 11.5 Å². The average Bonchev–Trinajstić information content (AvgIpc) is 2.75. The Labute approximate surface area is 168 Å². The molecule has 29 heavy (non-hydrogen) atoms. The van der Waals surface area contributed by atoms with Crippen LogP contribution in [0.5, 0.6) is 0 Å². The third kappa shape index (κ3) is 4.33. The van der Waals surface area contributed by atoms with Crippen LogP contribution in [0, 0.1) is 0 Å². The van der Waals surface area contributed by atoms with Crippen molar-refractivity contribution in [2.24, 2.45) is 0 Å². The van der Waals surface area contributed by atoms with Gasteiger partial charge < -0.3 is 15.0 Å². The van der Waals surface area contributed by atoms with Gasteiger partial charge in [0, 0.05) is 57.7 Å². The van der Waals surface area contributed by atoms with Crippen molar-refractivity contribution >= 4 is 5.69 Å². The minimum absolute atomic E-state index is 0.110. The quantitative estimate of drug-likeness (QED) is 0.651. The monoisotopic (exact) mass is 392 g/mol. The Hall–Kier alpha value is -3.10. The lowest BCUT2D eigenvalue weighted by Crippen LogP contribution is -2.35. The predicted octanol–water partition coefficient (Wildman–Crippen LogP) is 1.21. The number of anilines is 1. The van der Waals surface area contributed by atoms with Crippen LogP contribution in [0.3, 0.4) is 0 Å². The van der Waals surface area contributed by atoms with E-state index < -0.39 is 0 Å². The van der Waals surface area contributed by atoms with Crippen LogP contribution in [-0.4, -0.2) is 56.7 Å². The van der Waals surface area contributed by atoms with E-state index >= 15 is 0 Å². The van der Waals surface area contributed by atoms with Gasteiger partial charge in [0.1, 0.15) is 5.69 Å². The highest BCUT2D eigenvalue weighted by molar-refractivity contribution is 5.48. The van der Waals surface area contributed by atoms with E-state index in [0.717, 1.165) is 36.5 Å². The van der Waals surface area contributed by atoms with Crippen LogP contribution in [0.4, 0.5) is 5.69 Å². The molecule has 0 spiro atoms. The van der Waals surface area contributed by atoms with Crippen molar-refractivity contribution in [2.45, 2.75) is 19.5 Å². The molecule has 8 heteroatoms. The van der Waals surface area contributed by atoms with Gasteiger partial charge in [0.2, 0.25) is 0 Å². The summed E-state index contributed by atoms with van der Waals surface area (Å²) < 4.78 is 0. The van der Waals surface area contributed by atoms with E-state index in [9.17, 15) is 4.79 Å². The van der Waals surface area contributed by atoms with Gasteiger partial charge in [-0.15, -0.1) is 0 Å². The van der Waals surface area contributed by atoms with Gasteiger partial charge in [0.05, 0.1) is 24.1 Å². The Morgan fingerprint density at radius 2 is 2.07 bits per heavy atom. The van der Waals surface area contributed by atoms with Gasteiger partial charge in [-0.1, -0.05) is 12.1 Å². The number of aromatic nitrogens is 4. The number of fused-ring (bicyclic) bond motifs is 1. The fourth-order valence-corrected chi connectivity index (χ4v) is 3.55. The first kappa shape index (κ1) is 19.2. The molecule has 3 heterocycles. The Morgan fingerprint density at radius 1 is 1.24 bits per heavy atom. The first-order valence-corrected chi connectivity index (χ1v) is 9.66. The lowest BCUT2D eigenvalue weighted by atomic mass is 10.1. The molecule has 0 radical (unpaired) electrons. The number of benzene rings is 1. The average molecular weight is 392 g/mol. The number of nitrogens with one attached hydrogen (secondary N) is 1. The summed E-state index contributed by atoms with van der Waals surface area (Å²) in [5.41, 5.74) is 4.29. The molecule has 0 unspecified atom stereocenters. The van der Waals surface area contributed by atoms with E-state index in [4.69, 9.17) is 5.11 Å². The van der Waals surface area contributed by atoms with Crippen LogP contribution in [0.2, 0.25) is 0 Å². The number of rotatable bonds is 6. The molecule has 0 amide bonds. The molecule has 1 aliphatic rings. The summed E-state index contributed by atoms with van der Waals surface area (Å²) in [7, 11) is 1.96. The number of H-pyrrole nitrogens is 1. The van der Waals surface area contributed by atoms with Gasteiger partial charge in [-0.25, -0.2) is 9.97 Å². The molecule has 4 rings (SSSR count). The Kier molecular flexibility index (Phi) is 5.64. The van der Waals surface area contributed by atoms with Crippen molar-refractivity contribution in [2.75, 3.05) is 31.6 Å². The van der Waals surface area contributed by atoms with Crippen LogP contribution in [-0.2, 0) is 19.5 Å². The number of hydrogen-bond donors (Lipinski definition) is 2. The highest BCUT2D eigenvalue weighted by Crippen LogP contribution is 2.20. The van der Waals surface area contributed by atoms with Crippen LogP contribution in [0.15, 0.2) is 47.7 Å². The molecule has 0 aliphatic carbocycles. The zero-order valence-corrected chi connectivity index (χ0v) is 16.4. The van der Waals surface area contributed by atoms with Crippen LogP contribution in [0.1, 0.15) is 16.8 Å². The number of likely N-dealkylation sites (N-methyl/N-ethyl adjacent to an activating group) is 1. The number of aliphatic hydroxyl groups excluding tert-OH is 1. The van der Waals surface area contributed by atoms with Gasteiger partial charge in [-0.3, -0.25) is 14.7 Å². The minimum atomic E-state index is -0.110. The zero-order chi connectivity index (χ0) is 20.2. The molecule has 0 saturated carbocycles. The Morgan fingerprint density at radius 3 is 2.79 bits per heavy atom. The van der Waals surface area contributed by atoms with Gasteiger partial charge >= 0.3 is 0 Å². The summed E-state index contributed by atoms with van der Waals surface area (Å²) in [5.74, 6) is 0.470. The second-order valence-corrected chi connectivity index (χ2v) is 7.20. The van der Waals surface area contributed by atoms with Crippen molar-refractivity contribution in [1.82, 2.24) is 24.8 Å². The highest BCUT2D eigenvalue weighted by Gasteiger charge is 2.22. The summed E-state index contributed by atoms with van der Waals surface area (Å²) in [4.78, 5) is 32.6. The maximum Gasteiger partial charge on any atom is 0.255 e. The molecule has 0 saturated heterocycles. The van der Waals surface area contributed by atoms with E-state index in [2.05, 4.69) is 49.1 Å². The summed E-state index contributed by atoms with van der Waals surface area (Å²) in [6.45, 7) is 2.93. The topological polar surface area (TPSA) is 98.2 Å². The van der Waals surface area contributed by atoms with Crippen LogP contribution < -0.4 is 10.5 Å². The third-order valence-corrected chi connectivity index (χ3v) is 5.17. The molecule has 3 aromatic rings. The SMILES string of the molecule is CN(CCO)c1ccc(CN2CCc3nc(-c4cnccn4)[nH]c(=O)c3C2)cc1. The van der Waals surface area contributed by atoms with E-state index in [1.165, 1.54) is 5.56 Å². The maximum absolute atomic E-state index is 12.6. The lowest BCUT2D eigenvalue weighted by Gasteiger charge is -2.28. The molecule has 1 aromatic carbocycles. The summed E-state index contributed by atoms with van der Waals surface area (Å²) >= 11 is 0. The fraction of sp³-hybridized carbons (Fsp3) is 0.333. The molecule has 0 atom stereocenters. The molecule has 1 aliphatic heterocycles. The molecular formula is C21H24N6O2. The highest BCUT2D eigenvalue weighted by atomic mass is 16.3. The molecule has 2 N–H and O–H groups in total. The maximum atomic E-state index is 12.6. The predicted molar refractivity (Wildman–Crippen MR) is 110 cm³/mol. The Bertz CT molecular complexity index is 1020. The lowest BCUT2D eigenvalue weighted by molar-refractivity contribution is 0.242. The van der Waals surface area contributed by atoms with Crippen LogP contribution in [0.25, 0.3) is 11.5 Å². The smallest absolute Gasteiger partial charge is 0.255 e. The minimum Gasteiger partial charge on any atom is -0.395 e. The Balaban J connectivity index is 1.47. The summed E-state index contributed by atoms with van der Waals surface area (Å²) in [5, 5.41) is 9.07. The molecular weight excluding hydrogens is 368 g/mol. The second-order valence-electron chi connectivity index (χ2n) is 7.20. The molecule has 150 valence electrons. The van der Waals surface area contributed by atoms with E-state index in [1.54, 1.807) is 18.6 Å². The van der Waals surface area contributed by atoms with Crippen molar-refractivity contribution in [3.05, 3.63) is 70.0 Å². The first-order valence-electron chi connectivity index (χ1n) is 9.66. The van der Waals surface area contributed by atoms with E-state index in [0.29, 0.717) is 24.6 Å².